The van der Waals surface area contributed by atoms with Crippen LogP contribution in [-0.2, 0) is 17.0 Å². The highest BCUT2D eigenvalue weighted by atomic mass is 32.2. The van der Waals surface area contributed by atoms with Crippen LogP contribution in [0.4, 0.5) is 23.1 Å². The summed E-state index contributed by atoms with van der Waals surface area (Å²) in [6.45, 7) is -4.46. The van der Waals surface area contributed by atoms with E-state index in [1.165, 1.54) is 31.1 Å². The number of hydrogen-bond acceptors (Lipinski definition) is 7. The molecule has 0 radical (unpaired) electrons. The van der Waals surface area contributed by atoms with Crippen LogP contribution in [0.5, 0.6) is 0 Å². The Morgan fingerprint density at radius 3 is 2.84 bits per heavy atom. The average Bonchev–Trinajstić information content (AvgIpc) is 3.24. The van der Waals surface area contributed by atoms with Gasteiger partial charge in [0.15, 0.2) is 0 Å². The van der Waals surface area contributed by atoms with Crippen molar-refractivity contribution in [3.05, 3.63) is 59.8 Å². The predicted molar refractivity (Wildman–Crippen MR) is 121 cm³/mol. The second kappa shape index (κ2) is 7.64. The molecule has 0 aliphatic rings. The highest BCUT2D eigenvalue weighted by Gasteiger charge is 2.14. The van der Waals surface area contributed by atoms with E-state index in [9.17, 15) is 8.42 Å². The normalized spacial score (nSPS) is 18.0. The molecule has 2 heterocycles. The van der Waals surface area contributed by atoms with E-state index in [-0.39, 0.29) is 46.1 Å². The zero-order chi connectivity index (χ0) is 32.6. The van der Waals surface area contributed by atoms with E-state index in [0.29, 0.717) is 4.68 Å². The predicted octanol–water partition coefficient (Wildman–Crippen LogP) is 3.14. The molecule has 10 heteroatoms. The van der Waals surface area contributed by atoms with Gasteiger partial charge in [0.1, 0.15) is 5.82 Å². The molecule has 3 N–H and O–H groups in total. The third-order valence-electron chi connectivity index (χ3n) is 4.28. The van der Waals surface area contributed by atoms with Crippen molar-refractivity contribution in [2.45, 2.75) is 18.7 Å². The summed E-state index contributed by atoms with van der Waals surface area (Å²) in [5.74, 6) is -0.347. The van der Waals surface area contributed by atoms with Gasteiger partial charge in [0.05, 0.1) is 18.6 Å². The summed E-state index contributed by atoms with van der Waals surface area (Å²) in [5.41, 5.74) is -1.90. The number of anilines is 4. The number of sulfonamides is 1. The van der Waals surface area contributed by atoms with Gasteiger partial charge >= 0.3 is 0 Å². The van der Waals surface area contributed by atoms with Crippen molar-refractivity contribution in [3.63, 3.8) is 0 Å². The molecule has 9 nitrogen and oxygen atoms in total. The smallest absolute Gasteiger partial charge is 0.238 e. The maximum Gasteiger partial charge on any atom is 0.238 e. The van der Waals surface area contributed by atoms with Crippen molar-refractivity contribution in [2.24, 2.45) is 12.1 Å². The topological polar surface area (TPSA) is 119 Å². The molecular weight excluding hydrogens is 414 g/mol. The Bertz CT molecular complexity index is 1910. The molecule has 2 aromatic heterocycles. The lowest BCUT2D eigenvalue weighted by Gasteiger charge is -2.19. The Morgan fingerprint density at radius 1 is 1.26 bits per heavy atom. The first kappa shape index (κ1) is 10.7. The molecule has 0 amide bonds. The number of aromatic nitrogens is 4. The average molecular weight is 450 g/mol. The lowest BCUT2D eigenvalue weighted by atomic mass is 10.2. The summed E-state index contributed by atoms with van der Waals surface area (Å²) in [7, 11) is -3.45. The molecule has 0 saturated carbocycles. The summed E-state index contributed by atoms with van der Waals surface area (Å²) in [4.78, 5) is 8.24. The fraction of sp³-hybridized carbons (Fsp3) is 0.190. The van der Waals surface area contributed by atoms with Crippen molar-refractivity contribution < 1.29 is 24.9 Å². The van der Waals surface area contributed by atoms with Gasteiger partial charge in [0, 0.05) is 50.9 Å². The van der Waals surface area contributed by atoms with Gasteiger partial charge < -0.3 is 10.2 Å². The second-order valence-corrected chi connectivity index (χ2v) is 7.86. The van der Waals surface area contributed by atoms with E-state index in [2.05, 4.69) is 20.4 Å². The first-order valence-corrected chi connectivity index (χ1v) is 10.1. The van der Waals surface area contributed by atoms with Gasteiger partial charge in [0.25, 0.3) is 0 Å². The van der Waals surface area contributed by atoms with Gasteiger partial charge in [0.2, 0.25) is 16.0 Å². The Kier molecular flexibility index (Phi) is 2.63. The lowest BCUT2D eigenvalue weighted by Crippen LogP contribution is -2.14. The molecule has 160 valence electrons. The summed E-state index contributed by atoms with van der Waals surface area (Å²) < 4.78 is 122. The maximum atomic E-state index is 12.3. The number of fused-ring (bicyclic) bond motifs is 1. The highest BCUT2D eigenvalue weighted by molar-refractivity contribution is 7.89. The van der Waals surface area contributed by atoms with E-state index in [1.807, 2.05) is 0 Å². The summed E-state index contributed by atoms with van der Waals surface area (Å²) in [6, 6.07) is -2.66. The van der Waals surface area contributed by atoms with E-state index >= 15 is 0 Å². The fourth-order valence-electron chi connectivity index (χ4n) is 2.66. The van der Waals surface area contributed by atoms with Crippen LogP contribution in [0.3, 0.4) is 0 Å². The number of benzene rings is 2. The molecule has 0 atom stereocenters. The SMILES string of the molecule is [2H]c1c([2H])c(C([2H])([2H])[2H])c(S(N)(=O)=O)c([2H])c1Nc1nccc(N(C)c2c([2H])c([2H])c3c(C)n(C([2H])([2H])[2H])nc3c2[2H])n1. The zero-order valence-corrected chi connectivity index (χ0v) is 17.0. The van der Waals surface area contributed by atoms with Crippen molar-refractivity contribution in [3.8, 4) is 0 Å². The van der Waals surface area contributed by atoms with Crippen molar-refractivity contribution in [1.82, 2.24) is 19.7 Å². The maximum absolute atomic E-state index is 12.3. The quantitative estimate of drug-likeness (QED) is 0.480. The molecular formula is C21H23N7O2S. The molecule has 0 unspecified atom stereocenters. The van der Waals surface area contributed by atoms with Crippen LogP contribution in [0.15, 0.2) is 53.4 Å². The largest absolute Gasteiger partial charge is 0.329 e. The monoisotopic (exact) mass is 449 g/mol. The van der Waals surface area contributed by atoms with Crippen molar-refractivity contribution in [2.75, 3.05) is 17.3 Å². The standard InChI is InChI=1S/C21H23N7O2S/c1-13-5-6-15(11-19(13)31(22,29)30)24-21-23-10-9-20(25-21)27(3)16-7-8-17-14(2)28(4)26-18(17)12-16/h5-12H,1-4H3,(H2,22,29,30)(H,23,24,25)/i1D3,4D3,5D,6D,7D,8D,11D,12D. The van der Waals surface area contributed by atoms with Crippen molar-refractivity contribution in [1.29, 1.82) is 0 Å². The molecule has 2 aromatic carbocycles. The van der Waals surface area contributed by atoms with Crippen LogP contribution >= 0.6 is 0 Å². The molecule has 4 rings (SSSR count). The number of nitrogens with two attached hydrogens (primary N) is 1. The number of nitrogens with one attached hydrogen (secondary N) is 1. The summed E-state index contributed by atoms with van der Waals surface area (Å²) >= 11 is 0. The van der Waals surface area contributed by atoms with Crippen LogP contribution in [-0.4, -0.2) is 35.2 Å². The van der Waals surface area contributed by atoms with Gasteiger partial charge in [-0.25, -0.2) is 18.5 Å². The van der Waals surface area contributed by atoms with E-state index < -0.39 is 64.2 Å². The Labute approximate surface area is 197 Å². The molecule has 0 aliphatic heterocycles. The van der Waals surface area contributed by atoms with Crippen molar-refractivity contribution >= 4 is 44.1 Å². The van der Waals surface area contributed by atoms with E-state index in [0.717, 1.165) is 0 Å². The van der Waals surface area contributed by atoms with Crippen LogP contribution in [0.25, 0.3) is 10.9 Å². The lowest BCUT2D eigenvalue weighted by molar-refractivity contribution is 0.597. The Morgan fingerprint density at radius 2 is 2.10 bits per heavy atom. The molecule has 4 aromatic rings. The number of aryl methyl sites for hydroxylation is 2. The van der Waals surface area contributed by atoms with Gasteiger partial charge in [-0.15, -0.1) is 0 Å². The van der Waals surface area contributed by atoms with Gasteiger partial charge in [-0.1, -0.05) is 6.04 Å². The summed E-state index contributed by atoms with van der Waals surface area (Å²) in [6.07, 6.45) is 1.20. The van der Waals surface area contributed by atoms with Crippen LogP contribution in [0.2, 0.25) is 0 Å². The molecule has 0 bridgehead atoms. The number of primary sulfonamides is 1. The van der Waals surface area contributed by atoms with Gasteiger partial charge in [-0.05, 0) is 55.6 Å². The van der Waals surface area contributed by atoms with Gasteiger partial charge in [-0.2, -0.15) is 10.1 Å². The third-order valence-corrected chi connectivity index (χ3v) is 5.15. The Balaban J connectivity index is 1.85. The number of nitrogens with zero attached hydrogens (tertiary/aromatic N) is 5. The molecule has 0 aliphatic carbocycles. The Hall–Kier alpha value is -3.50. The minimum Gasteiger partial charge on any atom is -0.329 e. The van der Waals surface area contributed by atoms with Gasteiger partial charge in [-0.3, -0.25) is 4.68 Å². The highest BCUT2D eigenvalue weighted by Crippen LogP contribution is 2.28. The molecule has 0 fully saturated rings. The number of rotatable bonds is 5. The first-order chi connectivity index (χ1) is 19.6. The zero-order valence-electron chi connectivity index (χ0n) is 28.2. The molecule has 0 spiro atoms. The van der Waals surface area contributed by atoms with Crippen LogP contribution in [0, 0.1) is 13.8 Å². The minimum absolute atomic E-state index is 0.000153. The van der Waals surface area contributed by atoms with Crippen LogP contribution in [0.1, 0.15) is 27.7 Å². The van der Waals surface area contributed by atoms with E-state index in [1.54, 1.807) is 0 Å². The fourth-order valence-corrected chi connectivity index (χ4v) is 3.24. The summed E-state index contributed by atoms with van der Waals surface area (Å²) in [5, 5.41) is 11.7. The molecule has 0 saturated heterocycles. The first-order valence-electron chi connectivity index (χ1n) is 14.6. The molecule has 31 heavy (non-hydrogen) atoms. The second-order valence-electron chi connectivity index (χ2n) is 6.37. The minimum atomic E-state index is -4.84. The third kappa shape index (κ3) is 4.07. The number of hydrogen-bond donors (Lipinski definition) is 2. The van der Waals surface area contributed by atoms with Crippen LogP contribution < -0.4 is 15.4 Å². The van der Waals surface area contributed by atoms with E-state index in [4.69, 9.17) is 21.6 Å².